The van der Waals surface area contributed by atoms with Crippen molar-refractivity contribution in [3.63, 3.8) is 0 Å². The first-order valence-corrected chi connectivity index (χ1v) is 6.89. The summed E-state index contributed by atoms with van der Waals surface area (Å²) in [6, 6.07) is 6.08. The van der Waals surface area contributed by atoms with Crippen molar-refractivity contribution in [1.82, 2.24) is 4.98 Å². The van der Waals surface area contributed by atoms with Crippen molar-refractivity contribution in [2.24, 2.45) is 5.84 Å². The molecule has 1 aromatic heterocycles. The molecule has 6 heteroatoms. The first kappa shape index (κ1) is 12.1. The van der Waals surface area contributed by atoms with Crippen LogP contribution in [0.5, 0.6) is 0 Å². The Balaban J connectivity index is 1.99. The van der Waals surface area contributed by atoms with Gasteiger partial charge in [0.2, 0.25) is 5.91 Å². The van der Waals surface area contributed by atoms with Gasteiger partial charge >= 0.3 is 0 Å². The van der Waals surface area contributed by atoms with E-state index in [0.717, 1.165) is 23.4 Å². The lowest BCUT2D eigenvalue weighted by molar-refractivity contribution is -0.118. The van der Waals surface area contributed by atoms with Gasteiger partial charge in [0, 0.05) is 30.1 Å². The van der Waals surface area contributed by atoms with Gasteiger partial charge in [0.15, 0.2) is 5.13 Å². The molecule has 1 aliphatic rings. The van der Waals surface area contributed by atoms with Crippen molar-refractivity contribution >= 4 is 28.1 Å². The standard InChI is InChI=1S/C13H14N4OS/c1-17-11-4-2-8(6-9(11)3-5-12(17)18)10-7-19-13(15-10)16-14/h2,4,6-7H,3,5,14H2,1H3,(H,15,16). The molecule has 3 N–H and O–H groups in total. The molecular formula is C13H14N4OS. The molecule has 1 aromatic carbocycles. The Morgan fingerprint density at radius 2 is 2.26 bits per heavy atom. The summed E-state index contributed by atoms with van der Waals surface area (Å²) in [5.74, 6) is 5.51. The quantitative estimate of drug-likeness (QED) is 0.649. The second-order valence-electron chi connectivity index (χ2n) is 4.48. The number of nitrogens with two attached hydrogens (primary N) is 1. The maximum Gasteiger partial charge on any atom is 0.227 e. The van der Waals surface area contributed by atoms with E-state index in [0.29, 0.717) is 11.6 Å². The summed E-state index contributed by atoms with van der Waals surface area (Å²) in [6.07, 6.45) is 1.36. The highest BCUT2D eigenvalue weighted by Gasteiger charge is 2.21. The Kier molecular flexibility index (Phi) is 2.96. The third-order valence-electron chi connectivity index (χ3n) is 3.35. The Morgan fingerprint density at radius 1 is 1.42 bits per heavy atom. The lowest BCUT2D eigenvalue weighted by Crippen LogP contribution is -2.30. The SMILES string of the molecule is CN1C(=O)CCc2cc(-c3csc(NN)n3)ccc21. The number of hydrazine groups is 1. The minimum absolute atomic E-state index is 0.170. The number of fused-ring (bicyclic) bond motifs is 1. The number of nitrogens with zero attached hydrogens (tertiary/aromatic N) is 2. The summed E-state index contributed by atoms with van der Waals surface area (Å²) in [5, 5.41) is 2.66. The van der Waals surface area contributed by atoms with Crippen LogP contribution in [0.4, 0.5) is 10.8 Å². The lowest BCUT2D eigenvalue weighted by atomic mass is 9.98. The fraction of sp³-hybridized carbons (Fsp3) is 0.231. The van der Waals surface area contributed by atoms with Crippen LogP contribution in [0.2, 0.25) is 0 Å². The van der Waals surface area contributed by atoms with Gasteiger partial charge < -0.3 is 4.90 Å². The number of aryl methyl sites for hydroxylation is 1. The first-order chi connectivity index (χ1) is 9.19. The van der Waals surface area contributed by atoms with Crippen LogP contribution >= 0.6 is 11.3 Å². The van der Waals surface area contributed by atoms with Crippen LogP contribution in [0.1, 0.15) is 12.0 Å². The number of hydrogen-bond donors (Lipinski definition) is 2. The number of aromatic nitrogens is 1. The van der Waals surface area contributed by atoms with Gasteiger partial charge in [0.1, 0.15) is 0 Å². The Hall–Kier alpha value is -1.92. The molecule has 5 nitrogen and oxygen atoms in total. The topological polar surface area (TPSA) is 71.2 Å². The monoisotopic (exact) mass is 274 g/mol. The third kappa shape index (κ3) is 2.09. The highest BCUT2D eigenvalue weighted by Crippen LogP contribution is 2.32. The number of thiazole rings is 1. The molecule has 1 amide bonds. The number of anilines is 2. The first-order valence-electron chi connectivity index (χ1n) is 6.01. The van der Waals surface area contributed by atoms with Gasteiger partial charge in [0.05, 0.1) is 5.69 Å². The summed E-state index contributed by atoms with van der Waals surface area (Å²) in [7, 11) is 1.82. The normalized spacial score (nSPS) is 14.4. The van der Waals surface area contributed by atoms with Crippen LogP contribution in [0, 0.1) is 0 Å². The van der Waals surface area contributed by atoms with E-state index < -0.39 is 0 Å². The molecule has 0 fully saturated rings. The average molecular weight is 274 g/mol. The van der Waals surface area contributed by atoms with Gasteiger partial charge in [-0.3, -0.25) is 10.2 Å². The average Bonchev–Trinajstić information content (AvgIpc) is 2.91. The fourth-order valence-electron chi connectivity index (χ4n) is 2.29. The predicted octanol–water partition coefficient (Wildman–Crippen LogP) is 2.00. The number of nitrogens with one attached hydrogen (secondary N) is 1. The van der Waals surface area contributed by atoms with Gasteiger partial charge in [-0.15, -0.1) is 11.3 Å². The van der Waals surface area contributed by atoms with E-state index in [2.05, 4.69) is 16.5 Å². The molecule has 0 saturated carbocycles. The van der Waals surface area contributed by atoms with Crippen LogP contribution in [0.3, 0.4) is 0 Å². The van der Waals surface area contributed by atoms with E-state index in [1.165, 1.54) is 16.9 Å². The van der Waals surface area contributed by atoms with Crippen LogP contribution in [0.15, 0.2) is 23.6 Å². The van der Waals surface area contributed by atoms with Crippen LogP contribution < -0.4 is 16.2 Å². The molecule has 0 bridgehead atoms. The molecule has 19 heavy (non-hydrogen) atoms. The van der Waals surface area contributed by atoms with Gasteiger partial charge in [-0.2, -0.15) is 0 Å². The molecule has 0 saturated heterocycles. The Labute approximate surface area is 115 Å². The minimum atomic E-state index is 0.170. The van der Waals surface area contributed by atoms with Crippen LogP contribution in [-0.4, -0.2) is 17.9 Å². The van der Waals surface area contributed by atoms with Crippen molar-refractivity contribution in [2.45, 2.75) is 12.8 Å². The molecule has 3 rings (SSSR count). The molecule has 2 heterocycles. The third-order valence-corrected chi connectivity index (χ3v) is 4.12. The van der Waals surface area contributed by atoms with Gasteiger partial charge in [0.25, 0.3) is 0 Å². The summed E-state index contributed by atoms with van der Waals surface area (Å²) in [6.45, 7) is 0. The largest absolute Gasteiger partial charge is 0.315 e. The molecule has 0 radical (unpaired) electrons. The highest BCUT2D eigenvalue weighted by molar-refractivity contribution is 7.14. The second kappa shape index (κ2) is 4.64. The molecule has 0 unspecified atom stereocenters. The Morgan fingerprint density at radius 3 is 3.00 bits per heavy atom. The van der Waals surface area contributed by atoms with Crippen LogP contribution in [-0.2, 0) is 11.2 Å². The van der Waals surface area contributed by atoms with Gasteiger partial charge in [-0.1, -0.05) is 6.07 Å². The molecule has 2 aromatic rings. The second-order valence-corrected chi connectivity index (χ2v) is 5.34. The number of benzene rings is 1. The summed E-state index contributed by atoms with van der Waals surface area (Å²) in [4.78, 5) is 17.7. The number of hydrogen-bond acceptors (Lipinski definition) is 5. The molecule has 0 spiro atoms. The molecule has 0 atom stereocenters. The number of carbonyl (C=O) groups excluding carboxylic acids is 1. The molecule has 98 valence electrons. The number of carbonyl (C=O) groups is 1. The Bertz CT molecular complexity index is 637. The van der Waals surface area contributed by atoms with Gasteiger partial charge in [-0.25, -0.2) is 10.8 Å². The number of nitrogen functional groups attached to an aromatic ring is 1. The predicted molar refractivity (Wildman–Crippen MR) is 77.1 cm³/mol. The van der Waals surface area contributed by atoms with Crippen molar-refractivity contribution in [2.75, 3.05) is 17.4 Å². The van der Waals surface area contributed by atoms with Crippen molar-refractivity contribution in [3.8, 4) is 11.3 Å². The zero-order chi connectivity index (χ0) is 13.4. The highest BCUT2D eigenvalue weighted by atomic mass is 32.1. The van der Waals surface area contributed by atoms with E-state index in [-0.39, 0.29) is 5.91 Å². The smallest absolute Gasteiger partial charge is 0.227 e. The van der Waals surface area contributed by atoms with Crippen LogP contribution in [0.25, 0.3) is 11.3 Å². The zero-order valence-electron chi connectivity index (χ0n) is 10.5. The van der Waals surface area contributed by atoms with E-state index in [4.69, 9.17) is 5.84 Å². The molecule has 1 aliphatic heterocycles. The fourth-order valence-corrected chi connectivity index (χ4v) is 2.92. The zero-order valence-corrected chi connectivity index (χ0v) is 11.3. The van der Waals surface area contributed by atoms with E-state index in [1.807, 2.05) is 24.6 Å². The van der Waals surface area contributed by atoms with E-state index in [9.17, 15) is 4.79 Å². The molecule has 0 aliphatic carbocycles. The summed E-state index contributed by atoms with van der Waals surface area (Å²) >= 11 is 1.47. The number of rotatable bonds is 2. The molecular weight excluding hydrogens is 260 g/mol. The van der Waals surface area contributed by atoms with Gasteiger partial charge in [-0.05, 0) is 24.1 Å². The van der Waals surface area contributed by atoms with E-state index in [1.54, 1.807) is 4.90 Å². The van der Waals surface area contributed by atoms with Crippen molar-refractivity contribution in [3.05, 3.63) is 29.1 Å². The maximum absolute atomic E-state index is 11.6. The van der Waals surface area contributed by atoms with Crippen molar-refractivity contribution < 1.29 is 4.79 Å². The van der Waals surface area contributed by atoms with Crippen molar-refractivity contribution in [1.29, 1.82) is 0 Å². The summed E-state index contributed by atoms with van der Waals surface area (Å²) < 4.78 is 0. The summed E-state index contributed by atoms with van der Waals surface area (Å²) in [5.41, 5.74) is 6.69. The minimum Gasteiger partial charge on any atom is -0.315 e. The van der Waals surface area contributed by atoms with E-state index >= 15 is 0 Å². The maximum atomic E-state index is 11.6. The number of amides is 1. The lowest BCUT2D eigenvalue weighted by Gasteiger charge is -2.25.